The molecule has 1 amide bonds. The molecule has 0 saturated heterocycles. The molecule has 0 fully saturated rings. The predicted octanol–water partition coefficient (Wildman–Crippen LogP) is 4.52. The molecule has 0 saturated carbocycles. The molecule has 3 rings (SSSR count). The lowest BCUT2D eigenvalue weighted by Crippen LogP contribution is -2.32. The van der Waals surface area contributed by atoms with Gasteiger partial charge in [-0.15, -0.1) is 11.3 Å². The van der Waals surface area contributed by atoms with Crippen molar-refractivity contribution in [3.63, 3.8) is 0 Å². The standard InChI is InChI=1S/C23H21NO3S/c1-17-9-11-18(12-10-17)13-14-22(26)27-16-21(25)24-23(20-8-5-15-28-20)19-6-3-2-4-7-19/h2-15,23H,16H2,1H3,(H,24,25)/b14-13+/t23-/m1/s1. The molecule has 0 aliphatic carbocycles. The number of aryl methyl sites for hydroxylation is 1. The first-order valence-corrected chi connectivity index (χ1v) is 9.79. The van der Waals surface area contributed by atoms with Crippen LogP contribution in [0.15, 0.2) is 78.2 Å². The average Bonchev–Trinajstić information content (AvgIpc) is 3.25. The summed E-state index contributed by atoms with van der Waals surface area (Å²) in [6.45, 7) is 1.67. The van der Waals surface area contributed by atoms with Crippen LogP contribution in [0.25, 0.3) is 6.08 Å². The Kier molecular flexibility index (Phi) is 6.76. The number of hydrogen-bond donors (Lipinski definition) is 1. The van der Waals surface area contributed by atoms with Gasteiger partial charge in [0, 0.05) is 11.0 Å². The summed E-state index contributed by atoms with van der Waals surface area (Å²) in [5.41, 5.74) is 3.02. The molecular formula is C23H21NO3S. The number of nitrogens with one attached hydrogen (secondary N) is 1. The molecule has 0 unspecified atom stereocenters. The van der Waals surface area contributed by atoms with Crippen LogP contribution in [-0.2, 0) is 14.3 Å². The third-order valence-electron chi connectivity index (χ3n) is 4.10. The number of amides is 1. The zero-order chi connectivity index (χ0) is 19.8. The smallest absolute Gasteiger partial charge is 0.331 e. The van der Waals surface area contributed by atoms with E-state index in [4.69, 9.17) is 4.74 Å². The molecule has 1 heterocycles. The summed E-state index contributed by atoms with van der Waals surface area (Å²) in [7, 11) is 0. The molecule has 1 aromatic heterocycles. The lowest BCUT2D eigenvalue weighted by Gasteiger charge is -2.18. The highest BCUT2D eigenvalue weighted by Gasteiger charge is 2.18. The van der Waals surface area contributed by atoms with Crippen molar-refractivity contribution in [1.29, 1.82) is 0 Å². The molecule has 28 heavy (non-hydrogen) atoms. The molecule has 4 nitrogen and oxygen atoms in total. The number of ether oxygens (including phenoxy) is 1. The fourth-order valence-corrected chi connectivity index (χ4v) is 3.45. The molecule has 0 aliphatic heterocycles. The predicted molar refractivity (Wildman–Crippen MR) is 112 cm³/mol. The van der Waals surface area contributed by atoms with Gasteiger partial charge >= 0.3 is 5.97 Å². The van der Waals surface area contributed by atoms with Crippen LogP contribution in [0.1, 0.15) is 27.6 Å². The van der Waals surface area contributed by atoms with Gasteiger partial charge in [0.1, 0.15) is 0 Å². The fourth-order valence-electron chi connectivity index (χ4n) is 2.65. The summed E-state index contributed by atoms with van der Waals surface area (Å²) in [6.07, 6.45) is 2.99. The molecule has 2 aromatic carbocycles. The van der Waals surface area contributed by atoms with Crippen LogP contribution in [0.4, 0.5) is 0 Å². The molecule has 1 atom stereocenters. The van der Waals surface area contributed by atoms with Gasteiger partial charge in [-0.3, -0.25) is 4.79 Å². The van der Waals surface area contributed by atoms with E-state index in [1.165, 1.54) is 6.08 Å². The van der Waals surface area contributed by atoms with E-state index in [0.29, 0.717) is 0 Å². The van der Waals surface area contributed by atoms with E-state index in [-0.39, 0.29) is 18.6 Å². The van der Waals surface area contributed by atoms with Crippen LogP contribution < -0.4 is 5.32 Å². The summed E-state index contributed by atoms with van der Waals surface area (Å²) in [5, 5.41) is 4.91. The van der Waals surface area contributed by atoms with Gasteiger partial charge in [-0.1, -0.05) is 66.2 Å². The second-order valence-electron chi connectivity index (χ2n) is 6.28. The Hall–Kier alpha value is -3.18. The minimum atomic E-state index is -0.553. The molecule has 142 valence electrons. The maximum atomic E-state index is 12.3. The molecule has 0 bridgehead atoms. The van der Waals surface area contributed by atoms with Gasteiger partial charge in [0.05, 0.1) is 6.04 Å². The number of thiophene rings is 1. The fraction of sp³-hybridized carbons (Fsp3) is 0.130. The van der Waals surface area contributed by atoms with Gasteiger partial charge in [0.25, 0.3) is 5.91 Å². The Bertz CT molecular complexity index is 932. The van der Waals surface area contributed by atoms with Gasteiger partial charge in [0.15, 0.2) is 6.61 Å². The van der Waals surface area contributed by atoms with Gasteiger partial charge in [-0.05, 0) is 35.6 Å². The third-order valence-corrected chi connectivity index (χ3v) is 5.04. The van der Waals surface area contributed by atoms with E-state index in [1.54, 1.807) is 17.4 Å². The van der Waals surface area contributed by atoms with Crippen LogP contribution in [0.2, 0.25) is 0 Å². The Balaban J connectivity index is 1.56. The molecule has 1 N–H and O–H groups in total. The summed E-state index contributed by atoms with van der Waals surface area (Å²) in [4.78, 5) is 25.2. The van der Waals surface area contributed by atoms with Crippen molar-refractivity contribution in [3.8, 4) is 0 Å². The van der Waals surface area contributed by atoms with E-state index >= 15 is 0 Å². The zero-order valence-electron chi connectivity index (χ0n) is 15.5. The van der Waals surface area contributed by atoms with Crippen molar-refractivity contribution < 1.29 is 14.3 Å². The van der Waals surface area contributed by atoms with Crippen molar-refractivity contribution in [2.45, 2.75) is 13.0 Å². The highest BCUT2D eigenvalue weighted by Crippen LogP contribution is 2.25. The normalized spacial score (nSPS) is 11.9. The SMILES string of the molecule is Cc1ccc(/C=C/C(=O)OCC(=O)N[C@H](c2ccccc2)c2cccs2)cc1. The number of carbonyl (C=O) groups excluding carboxylic acids is 2. The molecule has 0 spiro atoms. The van der Waals surface area contributed by atoms with Gasteiger partial charge in [-0.2, -0.15) is 0 Å². The maximum Gasteiger partial charge on any atom is 0.331 e. The Labute approximate surface area is 168 Å². The van der Waals surface area contributed by atoms with Crippen LogP contribution in [0, 0.1) is 6.92 Å². The van der Waals surface area contributed by atoms with E-state index in [9.17, 15) is 9.59 Å². The van der Waals surface area contributed by atoms with Crippen molar-refractivity contribution in [1.82, 2.24) is 5.32 Å². The minimum absolute atomic E-state index is 0.268. The number of hydrogen-bond acceptors (Lipinski definition) is 4. The van der Waals surface area contributed by atoms with Crippen LogP contribution in [0.3, 0.4) is 0 Å². The lowest BCUT2D eigenvalue weighted by atomic mass is 10.1. The van der Waals surface area contributed by atoms with Crippen LogP contribution >= 0.6 is 11.3 Å². The van der Waals surface area contributed by atoms with Crippen molar-refractivity contribution in [3.05, 3.63) is 99.8 Å². The highest BCUT2D eigenvalue weighted by atomic mass is 32.1. The monoisotopic (exact) mass is 391 g/mol. The number of rotatable bonds is 7. The average molecular weight is 391 g/mol. The number of benzene rings is 2. The number of carbonyl (C=O) groups is 2. The van der Waals surface area contributed by atoms with Crippen LogP contribution in [-0.4, -0.2) is 18.5 Å². The van der Waals surface area contributed by atoms with Crippen LogP contribution in [0.5, 0.6) is 0 Å². The first-order chi connectivity index (χ1) is 13.6. The summed E-state index contributed by atoms with van der Waals surface area (Å²) < 4.78 is 5.07. The van der Waals surface area contributed by atoms with Gasteiger partial charge < -0.3 is 10.1 Å². The summed E-state index contributed by atoms with van der Waals surface area (Å²) in [5.74, 6) is -0.901. The summed E-state index contributed by atoms with van der Waals surface area (Å²) >= 11 is 1.57. The largest absolute Gasteiger partial charge is 0.452 e. The second-order valence-corrected chi connectivity index (χ2v) is 7.26. The molecule has 5 heteroatoms. The lowest BCUT2D eigenvalue weighted by molar-refractivity contribution is -0.143. The van der Waals surface area contributed by atoms with Crippen molar-refractivity contribution >= 4 is 29.3 Å². The van der Waals surface area contributed by atoms with E-state index in [0.717, 1.165) is 21.6 Å². The Morgan fingerprint density at radius 1 is 1.04 bits per heavy atom. The highest BCUT2D eigenvalue weighted by molar-refractivity contribution is 7.10. The molecule has 0 radical (unpaired) electrons. The third kappa shape index (κ3) is 5.66. The van der Waals surface area contributed by atoms with E-state index < -0.39 is 5.97 Å². The van der Waals surface area contributed by atoms with Gasteiger partial charge in [0.2, 0.25) is 0 Å². The molecule has 0 aliphatic rings. The van der Waals surface area contributed by atoms with E-state index in [1.807, 2.05) is 79.0 Å². The zero-order valence-corrected chi connectivity index (χ0v) is 16.3. The van der Waals surface area contributed by atoms with Crippen molar-refractivity contribution in [2.75, 3.05) is 6.61 Å². The second kappa shape index (κ2) is 9.67. The Morgan fingerprint density at radius 2 is 1.79 bits per heavy atom. The minimum Gasteiger partial charge on any atom is -0.452 e. The van der Waals surface area contributed by atoms with E-state index in [2.05, 4.69) is 5.32 Å². The van der Waals surface area contributed by atoms with Gasteiger partial charge in [-0.25, -0.2) is 4.79 Å². The summed E-state index contributed by atoms with van der Waals surface area (Å²) in [6, 6.07) is 21.1. The number of esters is 1. The first kappa shape index (κ1) is 19.6. The Morgan fingerprint density at radius 3 is 2.46 bits per heavy atom. The van der Waals surface area contributed by atoms with Crippen molar-refractivity contribution in [2.24, 2.45) is 0 Å². The first-order valence-electron chi connectivity index (χ1n) is 8.91. The molecule has 3 aromatic rings. The molecular weight excluding hydrogens is 370 g/mol. The topological polar surface area (TPSA) is 55.4 Å². The maximum absolute atomic E-state index is 12.3. The quantitative estimate of drug-likeness (QED) is 0.476.